The van der Waals surface area contributed by atoms with Gasteiger partial charge in [0, 0.05) is 49.6 Å². The van der Waals surface area contributed by atoms with Gasteiger partial charge in [0.15, 0.2) is 0 Å². The number of fused-ring (bicyclic) bond motifs is 5. The molecule has 8 atom stereocenters. The highest BCUT2D eigenvalue weighted by atomic mass is 35.5. The molecule has 1 saturated heterocycles. The zero-order chi connectivity index (χ0) is 26.7. The Kier molecular flexibility index (Phi) is 7.23. The van der Waals surface area contributed by atoms with E-state index in [-0.39, 0.29) is 17.5 Å². The largest absolute Gasteiger partial charge is 0.457 e. The van der Waals surface area contributed by atoms with E-state index in [2.05, 4.69) is 48.9 Å². The third kappa shape index (κ3) is 4.67. The van der Waals surface area contributed by atoms with Crippen molar-refractivity contribution in [3.63, 3.8) is 0 Å². The highest BCUT2D eigenvalue weighted by Gasteiger charge is 2.62. The summed E-state index contributed by atoms with van der Waals surface area (Å²) in [6, 6.07) is 8.86. The van der Waals surface area contributed by atoms with Crippen LogP contribution in [0, 0.1) is 34.5 Å². The predicted molar refractivity (Wildman–Crippen MR) is 155 cm³/mol. The quantitative estimate of drug-likeness (QED) is 0.391. The molecule has 0 N–H and O–H groups in total. The van der Waals surface area contributed by atoms with Crippen LogP contribution in [0.25, 0.3) is 6.08 Å². The number of esters is 1. The molecule has 5 aliphatic rings. The molecule has 0 aromatic heterocycles. The molecule has 0 spiro atoms. The van der Waals surface area contributed by atoms with Crippen LogP contribution in [0.1, 0.15) is 77.7 Å². The van der Waals surface area contributed by atoms with E-state index in [1.165, 1.54) is 76.7 Å². The molecule has 6 rings (SSSR count). The first-order valence-corrected chi connectivity index (χ1v) is 15.6. The molecule has 4 aliphatic carbocycles. The number of ether oxygens (including phenoxy) is 1. The van der Waals surface area contributed by atoms with Gasteiger partial charge in [-0.25, -0.2) is 0 Å². The zero-order valence-electron chi connectivity index (χ0n) is 23.9. The molecule has 0 radical (unpaired) electrons. The summed E-state index contributed by atoms with van der Waals surface area (Å²) >= 11 is 6.16. The molecule has 1 aromatic rings. The van der Waals surface area contributed by atoms with Gasteiger partial charge in [-0.3, -0.25) is 9.69 Å². The monoisotopic (exact) mass is 538 g/mol. The van der Waals surface area contributed by atoms with Crippen molar-refractivity contribution in [3.05, 3.63) is 40.4 Å². The minimum Gasteiger partial charge on any atom is -0.457 e. The Hall–Kier alpha value is -1.36. The van der Waals surface area contributed by atoms with Gasteiger partial charge in [-0.2, -0.15) is 0 Å². The molecule has 5 heteroatoms. The second kappa shape index (κ2) is 10.2. The van der Waals surface area contributed by atoms with Gasteiger partial charge in [0.25, 0.3) is 0 Å². The maximum atomic E-state index is 12.3. The highest BCUT2D eigenvalue weighted by molar-refractivity contribution is 6.30. The molecule has 1 heterocycles. The Morgan fingerprint density at radius 3 is 2.39 bits per heavy atom. The van der Waals surface area contributed by atoms with Crippen molar-refractivity contribution in [2.45, 2.75) is 84.3 Å². The summed E-state index contributed by atoms with van der Waals surface area (Å²) in [5.41, 5.74) is 2.96. The van der Waals surface area contributed by atoms with Crippen LogP contribution in [0.15, 0.2) is 29.8 Å². The van der Waals surface area contributed by atoms with Gasteiger partial charge in [0.2, 0.25) is 0 Å². The number of likely N-dealkylation sites (N-methyl/N-ethyl adjacent to an activating group) is 1. The van der Waals surface area contributed by atoms with Crippen molar-refractivity contribution in [1.29, 1.82) is 0 Å². The van der Waals surface area contributed by atoms with Crippen LogP contribution in [-0.2, 0) is 9.53 Å². The summed E-state index contributed by atoms with van der Waals surface area (Å²) in [6.07, 6.45) is 12.6. The van der Waals surface area contributed by atoms with Crippen LogP contribution >= 0.6 is 11.6 Å². The van der Waals surface area contributed by atoms with Crippen molar-refractivity contribution < 1.29 is 9.53 Å². The number of hydrogen-bond acceptors (Lipinski definition) is 4. The Labute approximate surface area is 235 Å². The summed E-state index contributed by atoms with van der Waals surface area (Å²) in [6.45, 7) is 11.6. The Bertz CT molecular complexity index is 1060. The van der Waals surface area contributed by atoms with Crippen LogP contribution in [0.3, 0.4) is 0 Å². The van der Waals surface area contributed by atoms with Crippen LogP contribution < -0.4 is 0 Å². The fraction of sp³-hybridized carbons (Fsp3) is 0.727. The first-order chi connectivity index (χ1) is 18.2. The second-order valence-corrected chi connectivity index (χ2v) is 14.4. The molecule has 0 unspecified atom stereocenters. The first kappa shape index (κ1) is 26.8. The molecule has 1 aromatic carbocycles. The minimum atomic E-state index is -0.154. The third-order valence-electron chi connectivity index (χ3n) is 12.0. The minimum absolute atomic E-state index is 0.0331. The molecular formula is C33H47ClN2O2. The SMILES string of the molecule is CC(=O)O[C@H]1/C(=C/c2ccc(Cl)cc2)C[C@H]2[C@@H]3CC[C@H]4C[C@@H](N5CCN(C)CC5)CC[C@]4(C)[C@H]3CC[C@]12C. The van der Waals surface area contributed by atoms with Crippen LogP contribution in [0.2, 0.25) is 5.02 Å². The molecule has 5 fully saturated rings. The number of carbonyl (C=O) groups excluding carboxylic acids is 1. The maximum absolute atomic E-state index is 12.3. The predicted octanol–water partition coefficient (Wildman–Crippen LogP) is 6.92. The molecule has 1 aliphatic heterocycles. The summed E-state index contributed by atoms with van der Waals surface area (Å²) in [5.74, 6) is 2.85. The zero-order valence-corrected chi connectivity index (χ0v) is 24.7. The van der Waals surface area contributed by atoms with Crippen molar-refractivity contribution in [3.8, 4) is 0 Å². The third-order valence-corrected chi connectivity index (χ3v) is 12.3. The number of carbonyl (C=O) groups is 1. The smallest absolute Gasteiger partial charge is 0.303 e. The average Bonchev–Trinajstić information content (AvgIpc) is 3.16. The molecule has 4 saturated carbocycles. The summed E-state index contributed by atoms with van der Waals surface area (Å²) in [5, 5.41) is 0.755. The van der Waals surface area contributed by atoms with Gasteiger partial charge in [-0.1, -0.05) is 43.7 Å². The van der Waals surface area contributed by atoms with Crippen molar-refractivity contribution >= 4 is 23.6 Å². The van der Waals surface area contributed by atoms with Crippen LogP contribution in [-0.4, -0.2) is 61.1 Å². The van der Waals surface area contributed by atoms with E-state index in [1.807, 2.05) is 12.1 Å². The van der Waals surface area contributed by atoms with Gasteiger partial charge in [0.05, 0.1) is 0 Å². The van der Waals surface area contributed by atoms with Crippen molar-refractivity contribution in [2.75, 3.05) is 33.2 Å². The molecule has 0 amide bonds. The van der Waals surface area contributed by atoms with E-state index in [1.54, 1.807) is 6.92 Å². The summed E-state index contributed by atoms with van der Waals surface area (Å²) < 4.78 is 6.15. The Morgan fingerprint density at radius 2 is 1.68 bits per heavy atom. The molecule has 38 heavy (non-hydrogen) atoms. The number of hydrogen-bond donors (Lipinski definition) is 0. The highest BCUT2D eigenvalue weighted by Crippen LogP contribution is 2.67. The maximum Gasteiger partial charge on any atom is 0.303 e. The second-order valence-electron chi connectivity index (χ2n) is 13.9. The Balaban J connectivity index is 1.23. The Morgan fingerprint density at radius 1 is 0.974 bits per heavy atom. The van der Waals surface area contributed by atoms with E-state index in [0.717, 1.165) is 40.8 Å². The molecule has 208 valence electrons. The number of rotatable bonds is 3. The van der Waals surface area contributed by atoms with E-state index < -0.39 is 0 Å². The lowest BCUT2D eigenvalue weighted by Crippen LogP contribution is -2.57. The van der Waals surface area contributed by atoms with E-state index in [9.17, 15) is 4.79 Å². The molecule has 0 bridgehead atoms. The van der Waals surface area contributed by atoms with E-state index in [0.29, 0.717) is 11.3 Å². The summed E-state index contributed by atoms with van der Waals surface area (Å²) in [7, 11) is 2.26. The number of benzene rings is 1. The van der Waals surface area contributed by atoms with Crippen molar-refractivity contribution in [1.82, 2.24) is 9.80 Å². The number of nitrogens with zero attached hydrogens (tertiary/aromatic N) is 2. The van der Waals surface area contributed by atoms with Crippen LogP contribution in [0.5, 0.6) is 0 Å². The summed E-state index contributed by atoms with van der Waals surface area (Å²) in [4.78, 5) is 17.6. The van der Waals surface area contributed by atoms with Crippen molar-refractivity contribution in [2.24, 2.45) is 34.5 Å². The topological polar surface area (TPSA) is 32.8 Å². The van der Waals surface area contributed by atoms with E-state index in [4.69, 9.17) is 16.3 Å². The van der Waals surface area contributed by atoms with Gasteiger partial charge in [-0.15, -0.1) is 0 Å². The lowest BCUT2D eigenvalue weighted by Gasteiger charge is -2.61. The van der Waals surface area contributed by atoms with Gasteiger partial charge in [-0.05, 0) is 111 Å². The fourth-order valence-electron chi connectivity index (χ4n) is 9.88. The number of piperazine rings is 1. The van der Waals surface area contributed by atoms with Gasteiger partial charge < -0.3 is 9.64 Å². The first-order valence-electron chi connectivity index (χ1n) is 15.2. The lowest BCUT2D eigenvalue weighted by atomic mass is 9.45. The normalized spacial score (nSPS) is 42.8. The molecular weight excluding hydrogens is 492 g/mol. The molecule has 4 nitrogen and oxygen atoms in total. The fourth-order valence-corrected chi connectivity index (χ4v) is 10.0. The lowest BCUT2D eigenvalue weighted by molar-refractivity contribution is -0.160. The van der Waals surface area contributed by atoms with Crippen LogP contribution in [0.4, 0.5) is 0 Å². The van der Waals surface area contributed by atoms with Gasteiger partial charge >= 0.3 is 5.97 Å². The van der Waals surface area contributed by atoms with E-state index >= 15 is 0 Å². The number of halogens is 1. The average molecular weight is 539 g/mol. The van der Waals surface area contributed by atoms with Gasteiger partial charge in [0.1, 0.15) is 6.10 Å². The standard InChI is InChI=1S/C33H47ClN2O2/c1-22(37)38-31-24(19-23-5-8-26(34)9-6-23)20-30-28-10-7-25-21-27(36-17-15-35(4)16-18-36)11-13-32(25,2)29(28)12-14-33(30,31)3/h5-6,8-9,19,25,27-31H,7,10-18,20-21H2,1-4H3/b24-19+/t25-,27-,28+,29-,30-,31-,32-,33-/m0/s1.